The second-order valence-corrected chi connectivity index (χ2v) is 5.04. The Morgan fingerprint density at radius 2 is 1.56 bits per heavy atom. The van der Waals surface area contributed by atoms with Crippen LogP contribution in [-0.4, -0.2) is 73.1 Å². The van der Waals surface area contributed by atoms with E-state index in [1.165, 1.54) is 39.3 Å². The molecule has 2 aliphatic rings. The van der Waals surface area contributed by atoms with Gasteiger partial charge in [-0.05, 0) is 20.9 Å². The van der Waals surface area contributed by atoms with Crippen LogP contribution in [-0.2, 0) is 0 Å². The van der Waals surface area contributed by atoms with E-state index in [2.05, 4.69) is 35.6 Å². The van der Waals surface area contributed by atoms with E-state index in [1.54, 1.807) is 0 Å². The Hall–Kier alpha value is -0.120. The average Bonchev–Trinajstić information content (AvgIpc) is 2.30. The molecule has 0 aromatic carbocycles. The van der Waals surface area contributed by atoms with Gasteiger partial charge >= 0.3 is 0 Å². The quantitative estimate of drug-likeness (QED) is 0.669. The Bertz CT molecular complexity index is 194. The molecule has 0 aliphatic carbocycles. The standard InChI is InChI=1S/C11H23N3.C2H6/c1-10(2)14-7-6-13-5-4-12(3)8-11(13)9-14;1-2/h10-11H,4-9H2,1-3H3;1-2H3. The zero-order valence-electron chi connectivity index (χ0n) is 11.7. The van der Waals surface area contributed by atoms with Crippen molar-refractivity contribution in [3.8, 4) is 0 Å². The molecule has 0 aromatic rings. The number of fused-ring (bicyclic) bond motifs is 1. The summed E-state index contributed by atoms with van der Waals surface area (Å²) in [6.45, 7) is 16.2. The zero-order valence-corrected chi connectivity index (χ0v) is 11.7. The number of hydrogen-bond donors (Lipinski definition) is 0. The van der Waals surface area contributed by atoms with Crippen molar-refractivity contribution in [3.05, 3.63) is 0 Å². The first-order valence-electron chi connectivity index (χ1n) is 6.83. The first kappa shape index (κ1) is 13.9. The maximum atomic E-state index is 2.67. The predicted octanol–water partition coefficient (Wildman–Crippen LogP) is 1.35. The maximum Gasteiger partial charge on any atom is 0.0351 e. The lowest BCUT2D eigenvalue weighted by molar-refractivity contribution is 0.00949. The molecule has 0 radical (unpaired) electrons. The predicted molar refractivity (Wildman–Crippen MR) is 70.9 cm³/mol. The van der Waals surface area contributed by atoms with Gasteiger partial charge in [-0.1, -0.05) is 13.8 Å². The van der Waals surface area contributed by atoms with Crippen LogP contribution in [0.1, 0.15) is 27.7 Å². The summed E-state index contributed by atoms with van der Waals surface area (Å²) in [5, 5.41) is 0. The lowest BCUT2D eigenvalue weighted by Crippen LogP contribution is -2.62. The molecule has 3 heteroatoms. The molecular weight excluding hydrogens is 198 g/mol. The molecule has 96 valence electrons. The van der Waals surface area contributed by atoms with Crippen LogP contribution in [0.3, 0.4) is 0 Å². The fourth-order valence-corrected chi connectivity index (χ4v) is 2.60. The molecule has 0 saturated carbocycles. The minimum absolute atomic E-state index is 0.712. The van der Waals surface area contributed by atoms with E-state index in [9.17, 15) is 0 Å². The first-order chi connectivity index (χ1) is 7.66. The van der Waals surface area contributed by atoms with Crippen LogP contribution in [0, 0.1) is 0 Å². The fraction of sp³-hybridized carbons (Fsp3) is 1.00. The Labute approximate surface area is 101 Å². The van der Waals surface area contributed by atoms with Crippen LogP contribution in [0.25, 0.3) is 0 Å². The maximum absolute atomic E-state index is 2.67. The molecule has 1 atom stereocenters. The number of hydrogen-bond acceptors (Lipinski definition) is 3. The molecule has 0 N–H and O–H groups in total. The van der Waals surface area contributed by atoms with Crippen LogP contribution < -0.4 is 0 Å². The second kappa shape index (κ2) is 6.58. The van der Waals surface area contributed by atoms with Gasteiger partial charge in [0.2, 0.25) is 0 Å². The molecule has 0 aromatic heterocycles. The molecule has 2 fully saturated rings. The van der Waals surface area contributed by atoms with Crippen molar-refractivity contribution < 1.29 is 0 Å². The van der Waals surface area contributed by atoms with E-state index in [4.69, 9.17) is 0 Å². The number of rotatable bonds is 1. The Morgan fingerprint density at radius 1 is 0.938 bits per heavy atom. The molecule has 3 nitrogen and oxygen atoms in total. The third kappa shape index (κ3) is 3.44. The van der Waals surface area contributed by atoms with Gasteiger partial charge in [0.1, 0.15) is 0 Å². The third-order valence-corrected chi connectivity index (χ3v) is 3.66. The first-order valence-corrected chi connectivity index (χ1v) is 6.83. The zero-order chi connectivity index (χ0) is 12.1. The molecule has 0 bridgehead atoms. The molecule has 16 heavy (non-hydrogen) atoms. The molecule has 2 rings (SSSR count). The largest absolute Gasteiger partial charge is 0.303 e. The van der Waals surface area contributed by atoms with Gasteiger partial charge in [0.25, 0.3) is 0 Å². The lowest BCUT2D eigenvalue weighted by Gasteiger charge is -2.47. The summed E-state index contributed by atoms with van der Waals surface area (Å²) in [5.41, 5.74) is 0. The van der Waals surface area contributed by atoms with E-state index in [0.717, 1.165) is 6.04 Å². The van der Waals surface area contributed by atoms with Gasteiger partial charge in [0.15, 0.2) is 0 Å². The van der Waals surface area contributed by atoms with Crippen molar-refractivity contribution in [1.82, 2.24) is 14.7 Å². The molecule has 2 aliphatic heterocycles. The highest BCUT2D eigenvalue weighted by Gasteiger charge is 2.31. The second-order valence-electron chi connectivity index (χ2n) is 5.04. The van der Waals surface area contributed by atoms with Gasteiger partial charge in [-0.3, -0.25) is 9.80 Å². The van der Waals surface area contributed by atoms with Gasteiger partial charge in [0.05, 0.1) is 0 Å². The van der Waals surface area contributed by atoms with Gasteiger partial charge in [-0.2, -0.15) is 0 Å². The van der Waals surface area contributed by atoms with Crippen molar-refractivity contribution in [3.63, 3.8) is 0 Å². The minimum Gasteiger partial charge on any atom is -0.303 e. The molecular formula is C13H29N3. The molecule has 0 amide bonds. The van der Waals surface area contributed by atoms with E-state index < -0.39 is 0 Å². The summed E-state index contributed by atoms with van der Waals surface area (Å²) in [4.78, 5) is 7.74. The van der Waals surface area contributed by atoms with Crippen LogP contribution in [0.5, 0.6) is 0 Å². The number of nitrogens with zero attached hydrogens (tertiary/aromatic N) is 3. The molecule has 0 spiro atoms. The van der Waals surface area contributed by atoms with Gasteiger partial charge in [-0.15, -0.1) is 0 Å². The summed E-state index contributed by atoms with van der Waals surface area (Å²) in [6, 6.07) is 1.49. The van der Waals surface area contributed by atoms with Gasteiger partial charge in [-0.25, -0.2) is 0 Å². The summed E-state index contributed by atoms with van der Waals surface area (Å²) in [6.07, 6.45) is 0. The lowest BCUT2D eigenvalue weighted by atomic mass is 10.1. The summed E-state index contributed by atoms with van der Waals surface area (Å²) >= 11 is 0. The number of likely N-dealkylation sites (N-methyl/N-ethyl adjacent to an activating group) is 1. The molecule has 2 saturated heterocycles. The van der Waals surface area contributed by atoms with E-state index in [0.29, 0.717) is 6.04 Å². The highest BCUT2D eigenvalue weighted by molar-refractivity contribution is 4.88. The van der Waals surface area contributed by atoms with E-state index >= 15 is 0 Å². The Kier molecular flexibility index (Phi) is 5.73. The van der Waals surface area contributed by atoms with Crippen molar-refractivity contribution in [2.45, 2.75) is 39.8 Å². The monoisotopic (exact) mass is 227 g/mol. The van der Waals surface area contributed by atoms with Gasteiger partial charge < -0.3 is 4.90 Å². The van der Waals surface area contributed by atoms with Crippen molar-refractivity contribution >= 4 is 0 Å². The fourth-order valence-electron chi connectivity index (χ4n) is 2.60. The normalized spacial score (nSPS) is 28.5. The van der Waals surface area contributed by atoms with E-state index in [1.807, 2.05) is 13.8 Å². The highest BCUT2D eigenvalue weighted by atomic mass is 15.3. The highest BCUT2D eigenvalue weighted by Crippen LogP contribution is 2.16. The minimum atomic E-state index is 0.712. The van der Waals surface area contributed by atoms with Gasteiger partial charge in [0, 0.05) is 51.4 Å². The SMILES string of the molecule is CC.CC(C)N1CCN2CCN(C)CC2C1. The van der Waals surface area contributed by atoms with E-state index in [-0.39, 0.29) is 0 Å². The topological polar surface area (TPSA) is 9.72 Å². The van der Waals surface area contributed by atoms with Crippen molar-refractivity contribution in [2.75, 3.05) is 46.3 Å². The number of piperazine rings is 2. The van der Waals surface area contributed by atoms with Crippen molar-refractivity contribution in [2.24, 2.45) is 0 Å². The molecule has 1 unspecified atom stereocenters. The van der Waals surface area contributed by atoms with Crippen LogP contribution in [0.15, 0.2) is 0 Å². The van der Waals surface area contributed by atoms with Crippen LogP contribution in [0.4, 0.5) is 0 Å². The Balaban J connectivity index is 0.000000606. The summed E-state index contributed by atoms with van der Waals surface area (Å²) < 4.78 is 0. The van der Waals surface area contributed by atoms with Crippen LogP contribution in [0.2, 0.25) is 0 Å². The Morgan fingerprint density at radius 3 is 2.19 bits per heavy atom. The average molecular weight is 227 g/mol. The van der Waals surface area contributed by atoms with Crippen molar-refractivity contribution in [1.29, 1.82) is 0 Å². The molecule has 2 heterocycles. The van der Waals surface area contributed by atoms with Crippen LogP contribution >= 0.6 is 0 Å². The third-order valence-electron chi connectivity index (χ3n) is 3.66. The summed E-state index contributed by atoms with van der Waals surface area (Å²) in [7, 11) is 2.24. The summed E-state index contributed by atoms with van der Waals surface area (Å²) in [5.74, 6) is 0. The smallest absolute Gasteiger partial charge is 0.0351 e.